The molecule has 1 aliphatic heterocycles. The van der Waals surface area contributed by atoms with Crippen molar-refractivity contribution in [3.8, 4) is 0 Å². The number of carbonyl (C=O) groups is 1. The van der Waals surface area contributed by atoms with Crippen molar-refractivity contribution in [3.05, 3.63) is 35.4 Å². The quantitative estimate of drug-likeness (QED) is 0.883. The molecule has 1 saturated heterocycles. The Kier molecular flexibility index (Phi) is 5.35. The number of carbonyl (C=O) groups excluding carboxylic acids is 1. The van der Waals surface area contributed by atoms with Gasteiger partial charge in [0.25, 0.3) is 0 Å². The second-order valence-corrected chi connectivity index (χ2v) is 8.27. The molecular formula is C20H30N2O3. The second kappa shape index (κ2) is 7.34. The maximum absolute atomic E-state index is 12.1. The largest absolute Gasteiger partial charge is 0.444 e. The number of amides is 1. The zero-order valence-electron chi connectivity index (χ0n) is 15.5. The van der Waals surface area contributed by atoms with E-state index < -0.39 is 5.60 Å². The highest BCUT2D eigenvalue weighted by atomic mass is 16.6. The molecule has 1 fully saturated rings. The van der Waals surface area contributed by atoms with Gasteiger partial charge in [-0.1, -0.05) is 24.3 Å². The summed E-state index contributed by atoms with van der Waals surface area (Å²) in [4.78, 5) is 13.9. The number of aliphatic hydroxyl groups excluding tert-OH is 1. The van der Waals surface area contributed by atoms with Gasteiger partial charge in [0, 0.05) is 19.5 Å². The van der Waals surface area contributed by atoms with Crippen LogP contribution in [0.25, 0.3) is 0 Å². The minimum absolute atomic E-state index is 0.0279. The molecule has 0 unspecified atom stereocenters. The molecule has 1 heterocycles. The highest BCUT2D eigenvalue weighted by Gasteiger charge is 2.32. The Hall–Kier alpha value is -1.59. The minimum atomic E-state index is -0.443. The van der Waals surface area contributed by atoms with Crippen LogP contribution in [0.3, 0.4) is 0 Å². The number of rotatable bonds is 3. The summed E-state index contributed by atoms with van der Waals surface area (Å²) in [7, 11) is 0. The van der Waals surface area contributed by atoms with Crippen LogP contribution in [-0.2, 0) is 11.2 Å². The summed E-state index contributed by atoms with van der Waals surface area (Å²) in [5, 5.41) is 13.9. The van der Waals surface area contributed by atoms with Crippen molar-refractivity contribution in [2.45, 2.75) is 57.8 Å². The van der Waals surface area contributed by atoms with Gasteiger partial charge in [-0.3, -0.25) is 0 Å². The van der Waals surface area contributed by atoms with Gasteiger partial charge < -0.3 is 20.1 Å². The fourth-order valence-electron chi connectivity index (χ4n) is 3.76. The summed E-state index contributed by atoms with van der Waals surface area (Å²) in [5.74, 6) is 0.527. The number of nitrogens with zero attached hydrogens (tertiary/aromatic N) is 1. The van der Waals surface area contributed by atoms with Crippen LogP contribution in [0.4, 0.5) is 4.79 Å². The Morgan fingerprint density at radius 2 is 1.96 bits per heavy atom. The standard InChI is InChI=1S/C20H30N2O3/c1-20(2,3)25-19(24)22-10-8-14(9-11-22)13-21-18-16-7-5-4-6-15(16)12-17(18)23/h4-7,14,17-18,21,23H,8-13H2,1-3H3/t17-,18+/m0/s1. The van der Waals surface area contributed by atoms with E-state index in [0.29, 0.717) is 5.92 Å². The van der Waals surface area contributed by atoms with Crippen molar-refractivity contribution in [1.82, 2.24) is 10.2 Å². The molecule has 5 nitrogen and oxygen atoms in total. The number of ether oxygens (including phenoxy) is 1. The lowest BCUT2D eigenvalue weighted by molar-refractivity contribution is 0.0181. The zero-order valence-corrected chi connectivity index (χ0v) is 15.5. The van der Waals surface area contributed by atoms with Gasteiger partial charge >= 0.3 is 6.09 Å². The van der Waals surface area contributed by atoms with Crippen LogP contribution in [0.1, 0.15) is 50.8 Å². The summed E-state index contributed by atoms with van der Waals surface area (Å²) in [6, 6.07) is 8.29. The molecule has 0 bridgehead atoms. The monoisotopic (exact) mass is 346 g/mol. The van der Waals surface area contributed by atoms with Crippen molar-refractivity contribution < 1.29 is 14.6 Å². The van der Waals surface area contributed by atoms with Gasteiger partial charge in [-0.25, -0.2) is 4.79 Å². The van der Waals surface area contributed by atoms with E-state index in [1.165, 1.54) is 11.1 Å². The maximum Gasteiger partial charge on any atom is 0.410 e. The van der Waals surface area contributed by atoms with E-state index >= 15 is 0 Å². The molecule has 0 spiro atoms. The molecule has 25 heavy (non-hydrogen) atoms. The Morgan fingerprint density at radius 3 is 2.64 bits per heavy atom. The Balaban J connectivity index is 1.46. The first-order chi connectivity index (χ1) is 11.8. The van der Waals surface area contributed by atoms with Gasteiger partial charge in [0.2, 0.25) is 0 Å². The third-order valence-corrected chi connectivity index (χ3v) is 5.10. The molecule has 0 saturated carbocycles. The molecule has 2 atom stereocenters. The molecule has 2 aliphatic rings. The van der Waals surface area contributed by atoms with Crippen LogP contribution >= 0.6 is 0 Å². The van der Waals surface area contributed by atoms with Gasteiger partial charge in [0.15, 0.2) is 0 Å². The average Bonchev–Trinajstić information content (AvgIpc) is 2.87. The van der Waals surface area contributed by atoms with E-state index in [2.05, 4.69) is 17.4 Å². The highest BCUT2D eigenvalue weighted by molar-refractivity contribution is 5.68. The zero-order chi connectivity index (χ0) is 18.0. The number of likely N-dealkylation sites (tertiary alicyclic amines) is 1. The van der Waals surface area contributed by atoms with Crippen molar-refractivity contribution in [2.24, 2.45) is 5.92 Å². The molecule has 1 aromatic rings. The van der Waals surface area contributed by atoms with E-state index in [0.717, 1.165) is 38.9 Å². The maximum atomic E-state index is 12.1. The third-order valence-electron chi connectivity index (χ3n) is 5.10. The fraction of sp³-hybridized carbons (Fsp3) is 0.650. The van der Waals surface area contributed by atoms with E-state index in [-0.39, 0.29) is 18.2 Å². The van der Waals surface area contributed by atoms with Gasteiger partial charge in [-0.2, -0.15) is 0 Å². The van der Waals surface area contributed by atoms with Crippen LogP contribution in [-0.4, -0.2) is 47.4 Å². The Bertz CT molecular complexity index is 603. The first-order valence-corrected chi connectivity index (χ1v) is 9.30. The highest BCUT2D eigenvalue weighted by Crippen LogP contribution is 2.31. The lowest BCUT2D eigenvalue weighted by Gasteiger charge is -2.34. The number of hydrogen-bond acceptors (Lipinski definition) is 4. The molecule has 1 aliphatic carbocycles. The molecule has 1 amide bonds. The van der Waals surface area contributed by atoms with Gasteiger partial charge in [-0.05, 0) is 57.2 Å². The first-order valence-electron chi connectivity index (χ1n) is 9.30. The second-order valence-electron chi connectivity index (χ2n) is 8.27. The van der Waals surface area contributed by atoms with Gasteiger partial charge in [0.1, 0.15) is 5.60 Å². The number of nitrogens with one attached hydrogen (secondary N) is 1. The molecule has 1 aromatic carbocycles. The van der Waals surface area contributed by atoms with Crippen LogP contribution in [0, 0.1) is 5.92 Å². The predicted molar refractivity (Wildman–Crippen MR) is 97.4 cm³/mol. The summed E-state index contributed by atoms with van der Waals surface area (Å²) in [5.41, 5.74) is 2.02. The predicted octanol–water partition coefficient (Wildman–Crippen LogP) is 2.88. The van der Waals surface area contributed by atoms with Crippen molar-refractivity contribution in [1.29, 1.82) is 0 Å². The normalized spacial score (nSPS) is 24.2. The van der Waals surface area contributed by atoms with E-state index in [9.17, 15) is 9.90 Å². The summed E-state index contributed by atoms with van der Waals surface area (Å²) >= 11 is 0. The smallest absolute Gasteiger partial charge is 0.410 e. The summed E-state index contributed by atoms with van der Waals surface area (Å²) in [6.07, 6.45) is 2.11. The summed E-state index contributed by atoms with van der Waals surface area (Å²) in [6.45, 7) is 8.04. The molecule has 5 heteroatoms. The number of benzene rings is 1. The first kappa shape index (κ1) is 18.2. The number of hydrogen-bond donors (Lipinski definition) is 2. The number of fused-ring (bicyclic) bond motifs is 1. The van der Waals surface area contributed by atoms with E-state index in [1.807, 2.05) is 37.8 Å². The lowest BCUT2D eigenvalue weighted by Crippen LogP contribution is -2.43. The lowest BCUT2D eigenvalue weighted by atomic mass is 9.96. The van der Waals surface area contributed by atoms with E-state index in [1.54, 1.807) is 0 Å². The number of piperidine rings is 1. The van der Waals surface area contributed by atoms with E-state index in [4.69, 9.17) is 4.74 Å². The average molecular weight is 346 g/mol. The fourth-order valence-corrected chi connectivity index (χ4v) is 3.76. The molecule has 2 N–H and O–H groups in total. The SMILES string of the molecule is CC(C)(C)OC(=O)N1CCC(CN[C@@H]2c3ccccc3C[C@@H]2O)CC1. The topological polar surface area (TPSA) is 61.8 Å². The van der Waals surface area contributed by atoms with Crippen LogP contribution < -0.4 is 5.32 Å². The van der Waals surface area contributed by atoms with Crippen LogP contribution in [0.2, 0.25) is 0 Å². The molecular weight excluding hydrogens is 316 g/mol. The van der Waals surface area contributed by atoms with Crippen LogP contribution in [0.15, 0.2) is 24.3 Å². The molecule has 0 radical (unpaired) electrons. The molecule has 3 rings (SSSR count). The van der Waals surface area contributed by atoms with Gasteiger partial charge in [0.05, 0.1) is 12.1 Å². The minimum Gasteiger partial charge on any atom is -0.444 e. The summed E-state index contributed by atoms with van der Waals surface area (Å²) < 4.78 is 5.45. The number of aliphatic hydroxyl groups is 1. The van der Waals surface area contributed by atoms with Crippen molar-refractivity contribution in [3.63, 3.8) is 0 Å². The van der Waals surface area contributed by atoms with Crippen molar-refractivity contribution >= 4 is 6.09 Å². The Morgan fingerprint density at radius 1 is 1.28 bits per heavy atom. The molecule has 138 valence electrons. The van der Waals surface area contributed by atoms with Gasteiger partial charge in [-0.15, -0.1) is 0 Å². The third kappa shape index (κ3) is 4.53. The van der Waals surface area contributed by atoms with Crippen molar-refractivity contribution in [2.75, 3.05) is 19.6 Å². The van der Waals surface area contributed by atoms with Crippen LogP contribution in [0.5, 0.6) is 0 Å². The Labute approximate surface area is 150 Å². The molecule has 0 aromatic heterocycles.